The monoisotopic (exact) mass is 307 g/mol. The fourth-order valence-electron chi connectivity index (χ4n) is 3.49. The summed E-state index contributed by atoms with van der Waals surface area (Å²) in [5.41, 5.74) is 0.529. The maximum atomic E-state index is 13.3. The summed E-state index contributed by atoms with van der Waals surface area (Å²) in [7, 11) is 0. The van der Waals surface area contributed by atoms with Crippen molar-refractivity contribution in [2.45, 2.75) is 44.7 Å². The van der Waals surface area contributed by atoms with Gasteiger partial charge < -0.3 is 10.6 Å². The molecular weight excluding hydrogens is 284 g/mol. The molecule has 1 aromatic rings. The van der Waals surface area contributed by atoms with Gasteiger partial charge in [0.2, 0.25) is 0 Å². The molecule has 22 heavy (non-hydrogen) atoms. The first-order valence-electron chi connectivity index (χ1n) is 8.06. The molecule has 3 nitrogen and oxygen atoms in total. The summed E-state index contributed by atoms with van der Waals surface area (Å²) < 4.78 is 26.5. The predicted octanol–water partition coefficient (Wildman–Crippen LogP) is 3.01. The van der Waals surface area contributed by atoms with Crippen molar-refractivity contribution in [2.24, 2.45) is 10.9 Å². The molecule has 1 saturated carbocycles. The molecule has 1 heterocycles. The van der Waals surface area contributed by atoms with Crippen molar-refractivity contribution >= 4 is 5.84 Å². The van der Waals surface area contributed by atoms with Crippen molar-refractivity contribution in [3.8, 4) is 0 Å². The minimum absolute atomic E-state index is 0.0728. The van der Waals surface area contributed by atoms with Crippen LogP contribution in [0.25, 0.3) is 0 Å². The second kappa shape index (κ2) is 6.32. The van der Waals surface area contributed by atoms with E-state index in [1.807, 2.05) is 0 Å². The van der Waals surface area contributed by atoms with Crippen molar-refractivity contribution in [3.63, 3.8) is 0 Å². The Hall–Kier alpha value is -1.49. The van der Waals surface area contributed by atoms with Crippen molar-refractivity contribution < 1.29 is 8.78 Å². The molecule has 0 aromatic heterocycles. The molecule has 0 saturated heterocycles. The van der Waals surface area contributed by atoms with Gasteiger partial charge in [0.15, 0.2) is 0 Å². The Labute approximate surface area is 130 Å². The average molecular weight is 307 g/mol. The lowest BCUT2D eigenvalue weighted by molar-refractivity contribution is 0.251. The molecule has 1 aliphatic heterocycles. The van der Waals surface area contributed by atoms with E-state index < -0.39 is 11.6 Å². The number of benzene rings is 1. The molecule has 1 fully saturated rings. The molecule has 5 heteroatoms. The van der Waals surface area contributed by atoms with Crippen LogP contribution in [0.1, 0.15) is 38.2 Å². The van der Waals surface area contributed by atoms with Gasteiger partial charge >= 0.3 is 0 Å². The fraction of sp³-hybridized carbons (Fsp3) is 0.588. The Morgan fingerprint density at radius 1 is 1.23 bits per heavy atom. The highest BCUT2D eigenvalue weighted by Gasteiger charge is 2.39. The van der Waals surface area contributed by atoms with Gasteiger partial charge in [0.1, 0.15) is 17.5 Å². The van der Waals surface area contributed by atoms with Crippen LogP contribution in [-0.2, 0) is 6.54 Å². The van der Waals surface area contributed by atoms with E-state index in [-0.39, 0.29) is 5.54 Å². The molecule has 1 aliphatic carbocycles. The van der Waals surface area contributed by atoms with E-state index in [9.17, 15) is 8.78 Å². The van der Waals surface area contributed by atoms with E-state index in [0.29, 0.717) is 12.1 Å². The molecule has 3 rings (SSSR count). The van der Waals surface area contributed by atoms with Gasteiger partial charge in [-0.05, 0) is 49.3 Å². The Kier molecular flexibility index (Phi) is 4.43. The number of rotatable bonds is 2. The third kappa shape index (κ3) is 3.29. The van der Waals surface area contributed by atoms with E-state index in [4.69, 9.17) is 0 Å². The van der Waals surface area contributed by atoms with Crippen LogP contribution in [0.3, 0.4) is 0 Å². The standard InChI is InChI=1S/C17H23F2N3/c1-12-2-4-17(5-3-12)16(20-6-7-22-17)21-11-13-8-14(18)10-15(19)9-13/h8-10,12,22H,2-7,11H2,1H3,(H,20,21). The van der Waals surface area contributed by atoms with Crippen LogP contribution in [-0.4, -0.2) is 24.5 Å². The predicted molar refractivity (Wildman–Crippen MR) is 83.9 cm³/mol. The van der Waals surface area contributed by atoms with Gasteiger partial charge in [-0.15, -0.1) is 0 Å². The number of hydrogen-bond acceptors (Lipinski definition) is 3. The maximum absolute atomic E-state index is 13.3. The molecule has 2 N–H and O–H groups in total. The van der Waals surface area contributed by atoms with Gasteiger partial charge in [-0.1, -0.05) is 6.92 Å². The molecular formula is C17H23F2N3. The summed E-state index contributed by atoms with van der Waals surface area (Å²) in [6.07, 6.45) is 4.50. The average Bonchev–Trinajstić information content (AvgIpc) is 2.49. The summed E-state index contributed by atoms with van der Waals surface area (Å²) in [5, 5.41) is 6.94. The van der Waals surface area contributed by atoms with E-state index in [2.05, 4.69) is 22.5 Å². The highest BCUT2D eigenvalue weighted by atomic mass is 19.1. The van der Waals surface area contributed by atoms with E-state index in [0.717, 1.165) is 43.8 Å². The van der Waals surface area contributed by atoms with Crippen LogP contribution < -0.4 is 10.6 Å². The lowest BCUT2D eigenvalue weighted by Crippen LogP contribution is -2.61. The number of nitrogens with one attached hydrogen (secondary N) is 2. The number of nitrogens with zero attached hydrogens (tertiary/aromatic N) is 1. The van der Waals surface area contributed by atoms with Gasteiger partial charge in [-0.25, -0.2) is 8.78 Å². The minimum Gasteiger partial charge on any atom is -0.368 e. The summed E-state index contributed by atoms with van der Waals surface area (Å²) in [6, 6.07) is 3.62. The zero-order valence-corrected chi connectivity index (χ0v) is 13.0. The molecule has 120 valence electrons. The first-order chi connectivity index (χ1) is 10.6. The highest BCUT2D eigenvalue weighted by molar-refractivity contribution is 5.92. The highest BCUT2D eigenvalue weighted by Crippen LogP contribution is 2.33. The zero-order valence-electron chi connectivity index (χ0n) is 13.0. The molecule has 0 amide bonds. The molecule has 0 unspecified atom stereocenters. The van der Waals surface area contributed by atoms with Crippen LogP contribution in [0, 0.1) is 17.6 Å². The van der Waals surface area contributed by atoms with Gasteiger partial charge in [0.05, 0.1) is 12.1 Å². The van der Waals surface area contributed by atoms with Crippen LogP contribution in [0.2, 0.25) is 0 Å². The van der Waals surface area contributed by atoms with Crippen molar-refractivity contribution in [1.29, 1.82) is 0 Å². The van der Waals surface area contributed by atoms with Crippen molar-refractivity contribution in [1.82, 2.24) is 10.6 Å². The van der Waals surface area contributed by atoms with Crippen LogP contribution in [0.5, 0.6) is 0 Å². The molecule has 1 spiro atoms. The largest absolute Gasteiger partial charge is 0.368 e. The summed E-state index contributed by atoms with van der Waals surface area (Å²) in [6.45, 7) is 4.33. The summed E-state index contributed by atoms with van der Waals surface area (Å²) >= 11 is 0. The third-order valence-corrected chi connectivity index (χ3v) is 4.81. The Morgan fingerprint density at radius 3 is 2.59 bits per heavy atom. The number of aliphatic imine (C=N–C) groups is 1. The van der Waals surface area contributed by atoms with Crippen LogP contribution >= 0.6 is 0 Å². The Balaban J connectivity index is 1.71. The second-order valence-electron chi connectivity index (χ2n) is 6.55. The zero-order chi connectivity index (χ0) is 15.6. The van der Waals surface area contributed by atoms with Crippen LogP contribution in [0.15, 0.2) is 23.2 Å². The summed E-state index contributed by atoms with van der Waals surface area (Å²) in [4.78, 5) is 4.65. The van der Waals surface area contributed by atoms with Gasteiger partial charge in [-0.2, -0.15) is 0 Å². The third-order valence-electron chi connectivity index (χ3n) is 4.81. The van der Waals surface area contributed by atoms with Gasteiger partial charge in [-0.3, -0.25) is 4.99 Å². The normalized spacial score (nSPS) is 28.5. The first-order valence-corrected chi connectivity index (χ1v) is 8.06. The second-order valence-corrected chi connectivity index (χ2v) is 6.55. The van der Waals surface area contributed by atoms with E-state index in [1.165, 1.54) is 25.0 Å². The lowest BCUT2D eigenvalue weighted by Gasteiger charge is -2.43. The molecule has 0 radical (unpaired) electrons. The SMILES string of the molecule is CC1CCC2(CC1)NCCN=C2NCc1cc(F)cc(F)c1. The van der Waals surface area contributed by atoms with Gasteiger partial charge in [0.25, 0.3) is 0 Å². The van der Waals surface area contributed by atoms with E-state index in [1.54, 1.807) is 0 Å². The quantitative estimate of drug-likeness (QED) is 0.881. The van der Waals surface area contributed by atoms with Crippen molar-refractivity contribution in [3.05, 3.63) is 35.4 Å². The Bertz CT molecular complexity index is 543. The fourth-order valence-corrected chi connectivity index (χ4v) is 3.49. The lowest BCUT2D eigenvalue weighted by atomic mass is 9.75. The number of amidine groups is 1. The van der Waals surface area contributed by atoms with Crippen LogP contribution in [0.4, 0.5) is 8.78 Å². The molecule has 0 bridgehead atoms. The maximum Gasteiger partial charge on any atom is 0.126 e. The molecule has 0 atom stereocenters. The smallest absolute Gasteiger partial charge is 0.126 e. The number of hydrogen-bond donors (Lipinski definition) is 2. The Morgan fingerprint density at radius 2 is 1.91 bits per heavy atom. The molecule has 1 aromatic carbocycles. The topological polar surface area (TPSA) is 36.4 Å². The van der Waals surface area contributed by atoms with Crippen molar-refractivity contribution in [2.75, 3.05) is 13.1 Å². The summed E-state index contributed by atoms with van der Waals surface area (Å²) in [5.74, 6) is 0.631. The number of halogens is 2. The molecule has 2 aliphatic rings. The van der Waals surface area contributed by atoms with E-state index >= 15 is 0 Å². The minimum atomic E-state index is -0.540. The first kappa shape index (κ1) is 15.4. The van der Waals surface area contributed by atoms with Gasteiger partial charge in [0, 0.05) is 19.2 Å².